The Morgan fingerprint density at radius 1 is 1.14 bits per heavy atom. The lowest BCUT2D eigenvalue weighted by molar-refractivity contribution is -0.106. The maximum atomic E-state index is 11.3. The maximum absolute atomic E-state index is 11.3. The number of anilines is 3. The highest BCUT2D eigenvalue weighted by molar-refractivity contribution is 6.10. The van der Waals surface area contributed by atoms with Crippen molar-refractivity contribution in [3.05, 3.63) is 54.1 Å². The summed E-state index contributed by atoms with van der Waals surface area (Å²) in [5, 5.41) is 9.82. The van der Waals surface area contributed by atoms with Crippen molar-refractivity contribution in [3.63, 3.8) is 0 Å². The number of carbonyl (C=O) groups excluding carboxylic acids is 1. The fraction of sp³-hybridized carbons (Fsp3) is 0.364. The lowest BCUT2D eigenvalue weighted by atomic mass is 10.0. The first-order valence-electron chi connectivity index (χ1n) is 9.68. The zero-order valence-corrected chi connectivity index (χ0v) is 16.9. The summed E-state index contributed by atoms with van der Waals surface area (Å²) in [6.07, 6.45) is 1.17. The zero-order chi connectivity index (χ0) is 19.9. The Balaban J connectivity index is 1.90. The molecule has 2 aromatic rings. The molecule has 3 rings (SSSR count). The van der Waals surface area contributed by atoms with Gasteiger partial charge in [-0.2, -0.15) is 5.10 Å². The van der Waals surface area contributed by atoms with E-state index < -0.39 is 0 Å². The third-order valence-electron chi connectivity index (χ3n) is 5.13. The normalized spacial score (nSPS) is 15.4. The molecule has 0 unspecified atom stereocenters. The molecule has 1 fully saturated rings. The number of hydrogen-bond donors (Lipinski definition) is 1. The van der Waals surface area contributed by atoms with Gasteiger partial charge in [-0.15, -0.1) is 0 Å². The van der Waals surface area contributed by atoms with Crippen LogP contribution in [0.25, 0.3) is 0 Å². The number of nitrogens with one attached hydrogen (secondary N) is 1. The van der Waals surface area contributed by atoms with Crippen molar-refractivity contribution in [3.8, 4) is 0 Å². The molecule has 1 aliphatic rings. The van der Waals surface area contributed by atoms with Crippen molar-refractivity contribution in [2.75, 3.05) is 62.5 Å². The number of para-hydroxylation sites is 1. The van der Waals surface area contributed by atoms with Crippen LogP contribution in [0.4, 0.5) is 17.1 Å². The van der Waals surface area contributed by atoms with E-state index in [0.29, 0.717) is 0 Å². The highest BCUT2D eigenvalue weighted by atomic mass is 16.1. The molecule has 1 aliphatic heterocycles. The van der Waals surface area contributed by atoms with Crippen LogP contribution < -0.4 is 15.2 Å². The number of aldehydes is 1. The largest absolute Gasteiger partial charge is 0.388 e. The minimum atomic E-state index is 0.264. The topological polar surface area (TPSA) is 51.2 Å². The fourth-order valence-electron chi connectivity index (χ4n) is 3.42. The molecule has 28 heavy (non-hydrogen) atoms. The molecule has 0 bridgehead atoms. The number of hydrogen-bond acceptors (Lipinski definition) is 6. The molecule has 0 aliphatic carbocycles. The highest BCUT2D eigenvalue weighted by Crippen LogP contribution is 2.26. The lowest BCUT2D eigenvalue weighted by Gasteiger charge is -2.34. The molecule has 0 amide bonds. The number of piperazine rings is 1. The Bertz CT molecular complexity index is 813. The van der Waals surface area contributed by atoms with E-state index >= 15 is 0 Å². The molecule has 0 saturated carbocycles. The van der Waals surface area contributed by atoms with Gasteiger partial charge < -0.3 is 19.9 Å². The van der Waals surface area contributed by atoms with Crippen molar-refractivity contribution < 1.29 is 4.79 Å². The first-order chi connectivity index (χ1) is 13.6. The molecule has 0 spiro atoms. The summed E-state index contributed by atoms with van der Waals surface area (Å²) in [7, 11) is 5.97. The van der Waals surface area contributed by atoms with E-state index in [1.807, 2.05) is 49.4 Å². The summed E-state index contributed by atoms with van der Waals surface area (Å²) < 4.78 is 0. The summed E-state index contributed by atoms with van der Waals surface area (Å²) in [5.74, 6) is 0. The Hall–Kier alpha value is -2.86. The van der Waals surface area contributed by atoms with Crippen LogP contribution in [0.2, 0.25) is 0 Å². The molecule has 1 N–H and O–H groups in total. The molecule has 0 aromatic heterocycles. The van der Waals surface area contributed by atoms with Gasteiger partial charge in [0.05, 0.1) is 11.4 Å². The van der Waals surface area contributed by atoms with E-state index in [1.165, 1.54) is 5.69 Å². The van der Waals surface area contributed by atoms with E-state index in [4.69, 9.17) is 5.10 Å². The molecule has 0 radical (unpaired) electrons. The number of hydrazone groups is 1. The molecule has 2 aromatic carbocycles. The SMILES string of the molecule is CNc1cc(N2CCN(C)CC2)ccc1/C(CC=O)=N/N(C)c1ccccc1. The average molecular weight is 380 g/mol. The van der Waals surface area contributed by atoms with Crippen LogP contribution in [0.3, 0.4) is 0 Å². The molecule has 0 atom stereocenters. The Morgan fingerprint density at radius 3 is 2.50 bits per heavy atom. The van der Waals surface area contributed by atoms with Crippen LogP contribution in [0.1, 0.15) is 12.0 Å². The van der Waals surface area contributed by atoms with Crippen LogP contribution in [-0.2, 0) is 4.79 Å². The van der Waals surface area contributed by atoms with E-state index in [0.717, 1.165) is 55.1 Å². The smallest absolute Gasteiger partial charge is 0.126 e. The summed E-state index contributed by atoms with van der Waals surface area (Å²) >= 11 is 0. The van der Waals surface area contributed by atoms with Gasteiger partial charge in [-0.05, 0) is 37.4 Å². The predicted molar refractivity (Wildman–Crippen MR) is 118 cm³/mol. The zero-order valence-electron chi connectivity index (χ0n) is 16.9. The number of benzene rings is 2. The van der Waals surface area contributed by atoms with Crippen LogP contribution >= 0.6 is 0 Å². The molecule has 1 heterocycles. The Kier molecular flexibility index (Phi) is 6.66. The first kappa shape index (κ1) is 19.9. The van der Waals surface area contributed by atoms with Gasteiger partial charge in [-0.1, -0.05) is 18.2 Å². The van der Waals surface area contributed by atoms with Crippen LogP contribution in [0.15, 0.2) is 53.6 Å². The highest BCUT2D eigenvalue weighted by Gasteiger charge is 2.17. The summed E-state index contributed by atoms with van der Waals surface area (Å²) in [6.45, 7) is 4.17. The van der Waals surface area contributed by atoms with Gasteiger partial charge in [-0.25, -0.2) is 0 Å². The van der Waals surface area contributed by atoms with Gasteiger partial charge in [0.1, 0.15) is 6.29 Å². The van der Waals surface area contributed by atoms with Crippen molar-refractivity contribution in [2.45, 2.75) is 6.42 Å². The summed E-state index contributed by atoms with van der Waals surface area (Å²) in [5.41, 5.74) is 4.86. The third-order valence-corrected chi connectivity index (χ3v) is 5.13. The van der Waals surface area contributed by atoms with Crippen molar-refractivity contribution >= 4 is 29.1 Å². The molecule has 6 heteroatoms. The average Bonchev–Trinajstić information content (AvgIpc) is 2.74. The molecule has 6 nitrogen and oxygen atoms in total. The number of likely N-dealkylation sites (N-methyl/N-ethyl adjacent to an activating group) is 1. The van der Waals surface area contributed by atoms with Gasteiger partial charge >= 0.3 is 0 Å². The third kappa shape index (κ3) is 4.70. The molecular weight excluding hydrogens is 350 g/mol. The Labute approximate surface area is 167 Å². The van der Waals surface area contributed by atoms with E-state index in [1.54, 1.807) is 0 Å². The second-order valence-corrected chi connectivity index (χ2v) is 7.05. The minimum Gasteiger partial charge on any atom is -0.388 e. The fourth-order valence-corrected chi connectivity index (χ4v) is 3.42. The lowest BCUT2D eigenvalue weighted by Crippen LogP contribution is -2.44. The second-order valence-electron chi connectivity index (χ2n) is 7.05. The Morgan fingerprint density at radius 2 is 1.86 bits per heavy atom. The standard InChI is InChI=1S/C22H29N5O/c1-23-22-17-19(27-14-12-25(2)13-15-27)9-10-20(22)21(11-16-28)24-26(3)18-7-5-4-6-8-18/h4-10,16-17,23H,11-15H2,1-3H3/b24-21+. The van der Waals surface area contributed by atoms with Gasteiger partial charge in [0, 0.05) is 63.6 Å². The van der Waals surface area contributed by atoms with Gasteiger partial charge in [0.25, 0.3) is 0 Å². The van der Waals surface area contributed by atoms with Crippen molar-refractivity contribution in [2.24, 2.45) is 5.10 Å². The van der Waals surface area contributed by atoms with Crippen LogP contribution in [0.5, 0.6) is 0 Å². The van der Waals surface area contributed by atoms with E-state index in [2.05, 4.69) is 40.4 Å². The number of nitrogens with zero attached hydrogens (tertiary/aromatic N) is 4. The number of rotatable bonds is 7. The number of carbonyl (C=O) groups is 1. The summed E-state index contributed by atoms with van der Waals surface area (Å²) in [4.78, 5) is 16.1. The molecule has 148 valence electrons. The van der Waals surface area contributed by atoms with Crippen LogP contribution in [0, 0.1) is 0 Å². The van der Waals surface area contributed by atoms with Gasteiger partial charge in [0.15, 0.2) is 0 Å². The maximum Gasteiger partial charge on any atom is 0.126 e. The minimum absolute atomic E-state index is 0.264. The van der Waals surface area contributed by atoms with Gasteiger partial charge in [-0.3, -0.25) is 5.01 Å². The summed E-state index contributed by atoms with van der Waals surface area (Å²) in [6, 6.07) is 16.3. The van der Waals surface area contributed by atoms with E-state index in [9.17, 15) is 4.79 Å². The monoisotopic (exact) mass is 379 g/mol. The van der Waals surface area contributed by atoms with Gasteiger partial charge in [0.2, 0.25) is 0 Å². The first-order valence-corrected chi connectivity index (χ1v) is 9.68. The van der Waals surface area contributed by atoms with Crippen molar-refractivity contribution in [1.82, 2.24) is 4.90 Å². The van der Waals surface area contributed by atoms with Crippen molar-refractivity contribution in [1.29, 1.82) is 0 Å². The van der Waals surface area contributed by atoms with E-state index in [-0.39, 0.29) is 6.42 Å². The predicted octanol–water partition coefficient (Wildman–Crippen LogP) is 2.91. The quantitative estimate of drug-likeness (QED) is 0.455. The molecule has 1 saturated heterocycles. The molecular formula is C22H29N5O. The van der Waals surface area contributed by atoms with Crippen LogP contribution in [-0.4, -0.2) is 64.2 Å². The second kappa shape index (κ2) is 9.37.